The van der Waals surface area contributed by atoms with Crippen molar-refractivity contribution < 1.29 is 10.0 Å². The quantitative estimate of drug-likeness (QED) is 0.122. The van der Waals surface area contributed by atoms with E-state index in [-0.39, 0.29) is 7.43 Å². The molecule has 0 saturated carbocycles. The first-order valence-corrected chi connectivity index (χ1v) is 17.3. The van der Waals surface area contributed by atoms with Crippen molar-refractivity contribution in [2.24, 2.45) is 0 Å². The molecule has 4 nitrogen and oxygen atoms in total. The molecular formula is C43H39BBr2N2O2. The van der Waals surface area contributed by atoms with Gasteiger partial charge in [-0.15, -0.1) is 0 Å². The minimum atomic E-state index is -1.34. The van der Waals surface area contributed by atoms with E-state index in [1.165, 1.54) is 22.3 Å². The molecule has 250 valence electrons. The van der Waals surface area contributed by atoms with Gasteiger partial charge in [-0.3, -0.25) is 0 Å². The second-order valence-corrected chi connectivity index (χ2v) is 12.8. The SMILES string of the molecule is Brc1ccc(Nc2ccc(Br)cc2)cc1.C.OB(O)c1ccccc1.c1ccc(-c2ccc(Nc3ccc(-c4ccccc4)cc3)cc2)cc1. The van der Waals surface area contributed by atoms with Crippen LogP contribution in [0.15, 0.2) is 197 Å². The molecule has 0 bridgehead atoms. The second-order valence-electron chi connectivity index (χ2n) is 10.9. The van der Waals surface area contributed by atoms with Crippen LogP contribution in [0, 0.1) is 0 Å². The van der Waals surface area contributed by atoms with E-state index in [9.17, 15) is 0 Å². The highest BCUT2D eigenvalue weighted by Gasteiger charge is 2.07. The van der Waals surface area contributed by atoms with Gasteiger partial charge in [0.15, 0.2) is 0 Å². The lowest BCUT2D eigenvalue weighted by Gasteiger charge is -2.09. The van der Waals surface area contributed by atoms with Gasteiger partial charge >= 0.3 is 7.12 Å². The molecule has 0 amide bonds. The predicted octanol–water partition coefficient (Wildman–Crippen LogP) is 11.7. The summed E-state index contributed by atoms with van der Waals surface area (Å²) in [4.78, 5) is 0. The molecule has 0 unspecified atom stereocenters. The van der Waals surface area contributed by atoms with E-state index in [2.05, 4.69) is 140 Å². The summed E-state index contributed by atoms with van der Waals surface area (Å²) in [5.74, 6) is 0. The Hall–Kier alpha value is -4.92. The number of nitrogens with one attached hydrogen (secondary N) is 2. The van der Waals surface area contributed by atoms with Gasteiger partial charge in [-0.2, -0.15) is 0 Å². The Bertz CT molecular complexity index is 1840. The number of halogens is 2. The Kier molecular flexibility index (Phi) is 15.1. The number of benzene rings is 7. The Morgan fingerprint density at radius 2 is 0.600 bits per heavy atom. The minimum Gasteiger partial charge on any atom is -0.423 e. The van der Waals surface area contributed by atoms with Crippen LogP contribution in [0.2, 0.25) is 0 Å². The normalized spacial score (nSPS) is 9.84. The fraction of sp³-hybridized carbons (Fsp3) is 0.0233. The maximum absolute atomic E-state index is 8.58. The Labute approximate surface area is 312 Å². The van der Waals surface area contributed by atoms with Crippen LogP contribution < -0.4 is 16.1 Å². The summed E-state index contributed by atoms with van der Waals surface area (Å²) in [6, 6.07) is 62.8. The third kappa shape index (κ3) is 12.2. The van der Waals surface area contributed by atoms with Crippen molar-refractivity contribution in [1.29, 1.82) is 0 Å². The van der Waals surface area contributed by atoms with E-state index in [0.717, 1.165) is 31.7 Å². The number of rotatable bonds is 7. The number of hydrogen-bond donors (Lipinski definition) is 4. The van der Waals surface area contributed by atoms with Gasteiger partial charge in [-0.1, -0.05) is 155 Å². The Morgan fingerprint density at radius 1 is 0.340 bits per heavy atom. The maximum Gasteiger partial charge on any atom is 0.488 e. The van der Waals surface area contributed by atoms with Crippen LogP contribution in [0.3, 0.4) is 0 Å². The second kappa shape index (κ2) is 19.9. The molecular weight excluding hydrogens is 747 g/mol. The largest absolute Gasteiger partial charge is 0.488 e. The standard InChI is InChI=1S/C24H19N.C12H9Br2N.C6H7BO2.CH4/c1-3-7-19(8-4-1)21-11-15-23(16-12-21)25-24-17-13-22(14-18-24)20-9-5-2-6-10-20;13-9-1-5-11(6-2-9)15-12-7-3-10(14)4-8-12;8-7(9)6-4-2-1-3-5-6;/h1-18,25H;1-8,15H;1-5,8-9H;1H4. The average Bonchev–Trinajstić information content (AvgIpc) is 3.16. The lowest BCUT2D eigenvalue weighted by molar-refractivity contribution is 0.426. The lowest BCUT2D eigenvalue weighted by atomic mass is 9.81. The highest BCUT2D eigenvalue weighted by molar-refractivity contribution is 9.10. The average molecular weight is 786 g/mol. The molecule has 50 heavy (non-hydrogen) atoms. The summed E-state index contributed by atoms with van der Waals surface area (Å²) in [5, 5.41) is 23.9. The van der Waals surface area contributed by atoms with Crippen LogP contribution in [0.4, 0.5) is 22.7 Å². The van der Waals surface area contributed by atoms with E-state index < -0.39 is 7.12 Å². The van der Waals surface area contributed by atoms with Gasteiger partial charge in [0, 0.05) is 31.7 Å². The van der Waals surface area contributed by atoms with E-state index in [0.29, 0.717) is 5.46 Å². The van der Waals surface area contributed by atoms with Gasteiger partial charge in [0.2, 0.25) is 0 Å². The fourth-order valence-electron chi connectivity index (χ4n) is 4.78. The van der Waals surface area contributed by atoms with Gasteiger partial charge in [-0.05, 0) is 101 Å². The molecule has 0 atom stereocenters. The third-order valence-electron chi connectivity index (χ3n) is 7.35. The minimum absolute atomic E-state index is 0. The van der Waals surface area contributed by atoms with Crippen molar-refractivity contribution in [3.63, 3.8) is 0 Å². The summed E-state index contributed by atoms with van der Waals surface area (Å²) in [6.45, 7) is 0. The van der Waals surface area contributed by atoms with Crippen LogP contribution in [0.25, 0.3) is 22.3 Å². The molecule has 0 aliphatic rings. The molecule has 7 rings (SSSR count). The highest BCUT2D eigenvalue weighted by Crippen LogP contribution is 2.26. The fourth-order valence-corrected chi connectivity index (χ4v) is 5.31. The van der Waals surface area contributed by atoms with Gasteiger partial charge in [-0.25, -0.2) is 0 Å². The molecule has 0 spiro atoms. The molecule has 0 fully saturated rings. The summed E-state index contributed by atoms with van der Waals surface area (Å²) >= 11 is 6.81. The molecule has 0 saturated heterocycles. The van der Waals surface area contributed by atoms with Crippen LogP contribution in [0.5, 0.6) is 0 Å². The Balaban J connectivity index is 0.000000190. The molecule has 7 aromatic carbocycles. The first-order valence-electron chi connectivity index (χ1n) is 15.7. The zero-order valence-electron chi connectivity index (χ0n) is 26.6. The summed E-state index contributed by atoms with van der Waals surface area (Å²) in [5.41, 5.74) is 9.80. The van der Waals surface area contributed by atoms with Gasteiger partial charge in [0.05, 0.1) is 0 Å². The van der Waals surface area contributed by atoms with Crippen molar-refractivity contribution in [2.45, 2.75) is 7.43 Å². The van der Waals surface area contributed by atoms with E-state index in [4.69, 9.17) is 10.0 Å². The number of anilines is 4. The van der Waals surface area contributed by atoms with E-state index in [1.807, 2.05) is 66.7 Å². The summed E-state index contributed by atoms with van der Waals surface area (Å²) in [7, 11) is -1.34. The number of hydrogen-bond acceptors (Lipinski definition) is 4. The highest BCUT2D eigenvalue weighted by atomic mass is 79.9. The van der Waals surface area contributed by atoms with Gasteiger partial charge in [0.1, 0.15) is 0 Å². The van der Waals surface area contributed by atoms with Crippen LogP contribution in [-0.4, -0.2) is 17.2 Å². The molecule has 0 aromatic heterocycles. The van der Waals surface area contributed by atoms with Gasteiger partial charge in [0.25, 0.3) is 0 Å². The van der Waals surface area contributed by atoms with Crippen LogP contribution in [0.1, 0.15) is 7.43 Å². The zero-order valence-corrected chi connectivity index (χ0v) is 29.8. The van der Waals surface area contributed by atoms with Crippen LogP contribution in [-0.2, 0) is 0 Å². The molecule has 7 aromatic rings. The first-order chi connectivity index (χ1) is 23.9. The monoisotopic (exact) mass is 784 g/mol. The van der Waals surface area contributed by atoms with Crippen molar-refractivity contribution in [1.82, 2.24) is 0 Å². The van der Waals surface area contributed by atoms with Crippen molar-refractivity contribution in [2.75, 3.05) is 10.6 Å². The van der Waals surface area contributed by atoms with E-state index in [1.54, 1.807) is 24.3 Å². The van der Waals surface area contributed by atoms with Gasteiger partial charge < -0.3 is 20.7 Å². The topological polar surface area (TPSA) is 64.5 Å². The molecule has 0 aliphatic heterocycles. The molecule has 0 heterocycles. The molecule has 0 aliphatic carbocycles. The van der Waals surface area contributed by atoms with Crippen molar-refractivity contribution >= 4 is 67.2 Å². The lowest BCUT2D eigenvalue weighted by Crippen LogP contribution is -2.29. The Morgan fingerprint density at radius 3 is 0.880 bits per heavy atom. The smallest absolute Gasteiger partial charge is 0.423 e. The van der Waals surface area contributed by atoms with E-state index >= 15 is 0 Å². The predicted molar refractivity (Wildman–Crippen MR) is 222 cm³/mol. The third-order valence-corrected chi connectivity index (χ3v) is 8.40. The maximum atomic E-state index is 8.58. The van der Waals surface area contributed by atoms with Crippen molar-refractivity contribution in [3.8, 4) is 22.3 Å². The zero-order chi connectivity index (χ0) is 34.3. The molecule has 4 N–H and O–H groups in total. The summed E-state index contributed by atoms with van der Waals surface area (Å²) in [6.07, 6.45) is 0. The molecule has 0 radical (unpaired) electrons. The molecule has 7 heteroatoms. The summed E-state index contributed by atoms with van der Waals surface area (Å²) < 4.78 is 2.17. The van der Waals surface area contributed by atoms with Crippen LogP contribution >= 0.6 is 31.9 Å². The first kappa shape index (κ1) is 37.9. The van der Waals surface area contributed by atoms with Crippen molar-refractivity contribution in [3.05, 3.63) is 197 Å².